The van der Waals surface area contributed by atoms with Crippen molar-refractivity contribution >= 4 is 23.0 Å². The maximum absolute atomic E-state index is 12.6. The van der Waals surface area contributed by atoms with Gasteiger partial charge in [0.1, 0.15) is 5.69 Å². The highest BCUT2D eigenvalue weighted by Crippen LogP contribution is 2.32. The fraction of sp³-hybridized carbons (Fsp3) is 0.316. The van der Waals surface area contributed by atoms with Gasteiger partial charge in [-0.2, -0.15) is 0 Å². The van der Waals surface area contributed by atoms with Gasteiger partial charge in [-0.05, 0) is 30.3 Å². The summed E-state index contributed by atoms with van der Waals surface area (Å²) in [5.41, 5.74) is 1.22. The van der Waals surface area contributed by atoms with Crippen molar-refractivity contribution in [3.63, 3.8) is 0 Å². The van der Waals surface area contributed by atoms with Crippen LogP contribution in [-0.4, -0.2) is 51.2 Å². The number of nitrogens with one attached hydrogen (secondary N) is 2. The lowest BCUT2D eigenvalue weighted by Crippen LogP contribution is -2.43. The number of carbonyl (C=O) groups excluding carboxylic acids is 1. The van der Waals surface area contributed by atoms with Gasteiger partial charge in [-0.1, -0.05) is 0 Å². The summed E-state index contributed by atoms with van der Waals surface area (Å²) in [5, 5.41) is 17.5. The Morgan fingerprint density at radius 3 is 2.46 bits per heavy atom. The minimum absolute atomic E-state index is 0.0352. The van der Waals surface area contributed by atoms with Crippen molar-refractivity contribution in [1.29, 1.82) is 0 Å². The lowest BCUT2D eigenvalue weighted by Gasteiger charge is -2.29. The second-order valence-electron chi connectivity index (χ2n) is 6.22. The average molecular weight is 386 g/mol. The highest BCUT2D eigenvalue weighted by Gasteiger charge is 2.22. The number of methoxy groups -OCH3 is 2. The molecule has 0 unspecified atom stereocenters. The van der Waals surface area contributed by atoms with E-state index < -0.39 is 10.8 Å². The quantitative estimate of drug-likeness (QED) is 0.579. The summed E-state index contributed by atoms with van der Waals surface area (Å²) in [5.74, 6) is 0.537. The number of anilines is 2. The van der Waals surface area contributed by atoms with Crippen LogP contribution in [0.5, 0.6) is 11.5 Å². The van der Waals surface area contributed by atoms with Crippen LogP contribution in [0.25, 0.3) is 0 Å². The van der Waals surface area contributed by atoms with E-state index in [1.807, 2.05) is 4.90 Å². The number of piperazine rings is 1. The van der Waals surface area contributed by atoms with Gasteiger partial charge in [0, 0.05) is 43.5 Å². The zero-order valence-corrected chi connectivity index (χ0v) is 15.7. The minimum atomic E-state index is -0.427. The molecule has 9 nitrogen and oxygen atoms in total. The molecule has 28 heavy (non-hydrogen) atoms. The molecule has 1 heterocycles. The Balaban J connectivity index is 1.83. The summed E-state index contributed by atoms with van der Waals surface area (Å²) in [6.45, 7) is 2.93. The summed E-state index contributed by atoms with van der Waals surface area (Å²) in [7, 11) is 2.99. The van der Waals surface area contributed by atoms with Crippen LogP contribution in [-0.2, 0) is 0 Å². The van der Waals surface area contributed by atoms with Crippen LogP contribution in [0.15, 0.2) is 36.4 Å². The largest absolute Gasteiger partial charge is 0.493 e. The Kier molecular flexibility index (Phi) is 5.95. The van der Waals surface area contributed by atoms with E-state index in [-0.39, 0.29) is 5.69 Å². The summed E-state index contributed by atoms with van der Waals surface area (Å²) in [6, 6.07) is 9.51. The van der Waals surface area contributed by atoms with Crippen LogP contribution in [0.1, 0.15) is 10.4 Å². The Morgan fingerprint density at radius 1 is 1.11 bits per heavy atom. The lowest BCUT2D eigenvalue weighted by atomic mass is 10.1. The summed E-state index contributed by atoms with van der Waals surface area (Å²) in [6.07, 6.45) is 0. The van der Waals surface area contributed by atoms with Gasteiger partial charge < -0.3 is 25.0 Å². The van der Waals surface area contributed by atoms with Gasteiger partial charge in [0.2, 0.25) is 0 Å². The van der Waals surface area contributed by atoms with E-state index in [1.54, 1.807) is 30.3 Å². The monoisotopic (exact) mass is 386 g/mol. The molecular formula is C19H22N4O5. The molecule has 0 aromatic heterocycles. The van der Waals surface area contributed by atoms with Gasteiger partial charge in [0.25, 0.3) is 11.6 Å². The minimum Gasteiger partial charge on any atom is -0.493 e. The van der Waals surface area contributed by atoms with Crippen molar-refractivity contribution in [2.75, 3.05) is 50.6 Å². The third-order valence-corrected chi connectivity index (χ3v) is 4.53. The molecule has 3 rings (SSSR count). The van der Waals surface area contributed by atoms with Crippen LogP contribution in [0.4, 0.5) is 17.1 Å². The zero-order valence-electron chi connectivity index (χ0n) is 15.7. The number of carbonyl (C=O) groups is 1. The molecule has 0 atom stereocenters. The van der Waals surface area contributed by atoms with E-state index in [0.717, 1.165) is 13.1 Å². The van der Waals surface area contributed by atoms with E-state index in [2.05, 4.69) is 10.6 Å². The summed E-state index contributed by atoms with van der Waals surface area (Å²) >= 11 is 0. The standard InChI is InChI=1S/C19H22N4O5/c1-27-17-6-3-13(11-18(17)28-2)19(24)21-14-4-5-15(16(12-14)23(25)26)22-9-7-20-8-10-22/h3-6,11-12,20H,7-10H2,1-2H3,(H,21,24). The summed E-state index contributed by atoms with van der Waals surface area (Å²) in [4.78, 5) is 25.6. The first-order valence-corrected chi connectivity index (χ1v) is 8.81. The third kappa shape index (κ3) is 4.15. The van der Waals surface area contributed by atoms with Crippen LogP contribution in [0.2, 0.25) is 0 Å². The number of hydrogen-bond donors (Lipinski definition) is 2. The Bertz CT molecular complexity index is 881. The second-order valence-corrected chi connectivity index (χ2v) is 6.22. The first-order chi connectivity index (χ1) is 13.5. The first kappa shape index (κ1) is 19.4. The van der Waals surface area contributed by atoms with E-state index >= 15 is 0 Å². The second kappa shape index (κ2) is 8.57. The molecule has 1 amide bonds. The Morgan fingerprint density at radius 2 is 1.82 bits per heavy atom. The van der Waals surface area contributed by atoms with Crippen molar-refractivity contribution in [2.45, 2.75) is 0 Å². The smallest absolute Gasteiger partial charge is 0.294 e. The van der Waals surface area contributed by atoms with Crippen LogP contribution in [0.3, 0.4) is 0 Å². The third-order valence-electron chi connectivity index (χ3n) is 4.53. The van der Waals surface area contributed by atoms with Gasteiger partial charge in [-0.3, -0.25) is 14.9 Å². The maximum atomic E-state index is 12.6. The van der Waals surface area contributed by atoms with Crippen molar-refractivity contribution in [3.05, 3.63) is 52.1 Å². The predicted octanol–water partition coefficient (Wildman–Crippen LogP) is 2.27. The number of amides is 1. The van der Waals surface area contributed by atoms with Crippen LogP contribution < -0.4 is 25.0 Å². The molecule has 1 aliphatic heterocycles. The van der Waals surface area contributed by atoms with Crippen molar-refractivity contribution in [2.24, 2.45) is 0 Å². The molecule has 0 saturated carbocycles. The average Bonchev–Trinajstić information content (AvgIpc) is 2.73. The number of rotatable bonds is 6. The molecule has 1 fully saturated rings. The molecule has 1 aliphatic rings. The molecule has 148 valence electrons. The molecular weight excluding hydrogens is 364 g/mol. The lowest BCUT2D eigenvalue weighted by molar-refractivity contribution is -0.384. The van der Waals surface area contributed by atoms with Crippen LogP contribution >= 0.6 is 0 Å². The topological polar surface area (TPSA) is 106 Å². The van der Waals surface area contributed by atoms with E-state index in [0.29, 0.717) is 41.5 Å². The van der Waals surface area contributed by atoms with Crippen molar-refractivity contribution < 1.29 is 19.2 Å². The SMILES string of the molecule is COc1ccc(C(=O)Nc2ccc(N3CCNCC3)c([N+](=O)[O-])c2)cc1OC. The molecule has 2 aromatic carbocycles. The van der Waals surface area contributed by atoms with E-state index in [9.17, 15) is 14.9 Å². The Hall–Kier alpha value is -3.33. The van der Waals surface area contributed by atoms with Gasteiger partial charge >= 0.3 is 0 Å². The van der Waals surface area contributed by atoms with E-state index in [1.165, 1.54) is 20.3 Å². The first-order valence-electron chi connectivity index (χ1n) is 8.81. The van der Waals surface area contributed by atoms with Gasteiger partial charge in [-0.25, -0.2) is 0 Å². The highest BCUT2D eigenvalue weighted by atomic mass is 16.6. The van der Waals surface area contributed by atoms with Gasteiger partial charge in [-0.15, -0.1) is 0 Å². The zero-order chi connectivity index (χ0) is 20.1. The number of ether oxygens (including phenoxy) is 2. The predicted molar refractivity (Wildman–Crippen MR) is 106 cm³/mol. The fourth-order valence-corrected chi connectivity index (χ4v) is 3.10. The molecule has 2 aromatic rings. The normalized spacial score (nSPS) is 13.7. The fourth-order valence-electron chi connectivity index (χ4n) is 3.10. The van der Waals surface area contributed by atoms with Gasteiger partial charge in [0.15, 0.2) is 11.5 Å². The summed E-state index contributed by atoms with van der Waals surface area (Å²) < 4.78 is 10.4. The molecule has 9 heteroatoms. The van der Waals surface area contributed by atoms with Crippen LogP contribution in [0, 0.1) is 10.1 Å². The van der Waals surface area contributed by atoms with E-state index in [4.69, 9.17) is 9.47 Å². The molecule has 0 spiro atoms. The molecule has 1 saturated heterocycles. The maximum Gasteiger partial charge on any atom is 0.294 e. The molecule has 2 N–H and O–H groups in total. The molecule has 0 aliphatic carbocycles. The molecule has 0 bridgehead atoms. The number of benzene rings is 2. The number of hydrogen-bond acceptors (Lipinski definition) is 7. The number of nitro benzene ring substituents is 1. The number of nitrogens with zero attached hydrogens (tertiary/aromatic N) is 2. The Labute approximate surface area is 162 Å². The molecule has 0 radical (unpaired) electrons. The van der Waals surface area contributed by atoms with Gasteiger partial charge in [0.05, 0.1) is 19.1 Å². The number of nitro groups is 1. The highest BCUT2D eigenvalue weighted by molar-refractivity contribution is 6.05. The van der Waals surface area contributed by atoms with Crippen molar-refractivity contribution in [1.82, 2.24) is 5.32 Å². The van der Waals surface area contributed by atoms with Crippen molar-refractivity contribution in [3.8, 4) is 11.5 Å².